The first-order valence-corrected chi connectivity index (χ1v) is 8.27. The first-order chi connectivity index (χ1) is 12.7. The molecule has 0 spiro atoms. The predicted octanol–water partition coefficient (Wildman–Crippen LogP) is 1.07. The third-order valence-corrected chi connectivity index (χ3v) is 3.75. The number of hydrogen-bond donors (Lipinski definition) is 2. The summed E-state index contributed by atoms with van der Waals surface area (Å²) in [6.07, 6.45) is 0. The maximum absolute atomic E-state index is 9.09. The molecule has 1 aliphatic rings. The Bertz CT molecular complexity index is 737. The zero-order valence-electron chi connectivity index (χ0n) is 14.6. The summed E-state index contributed by atoms with van der Waals surface area (Å²) >= 11 is 0. The highest BCUT2D eigenvalue weighted by atomic mass is 16.5. The maximum Gasteiger partial charge on any atom is 0.265 e. The topological polar surface area (TPSA) is 112 Å². The van der Waals surface area contributed by atoms with Crippen molar-refractivity contribution in [1.29, 1.82) is 0 Å². The number of para-hydroxylation sites is 2. The van der Waals surface area contributed by atoms with E-state index in [0.717, 1.165) is 0 Å². The third-order valence-electron chi connectivity index (χ3n) is 3.75. The molecule has 0 radical (unpaired) electrons. The van der Waals surface area contributed by atoms with Gasteiger partial charge in [-0.1, -0.05) is 12.1 Å². The van der Waals surface area contributed by atoms with E-state index in [4.69, 9.17) is 29.8 Å². The van der Waals surface area contributed by atoms with Crippen molar-refractivity contribution in [3.63, 3.8) is 0 Å². The Morgan fingerprint density at radius 1 is 1.19 bits per heavy atom. The number of nitrogens with two attached hydrogens (primary N) is 1. The molecule has 0 saturated carbocycles. The molecule has 1 aromatic heterocycles. The van der Waals surface area contributed by atoms with Gasteiger partial charge in [-0.25, -0.2) is 0 Å². The van der Waals surface area contributed by atoms with Crippen LogP contribution in [0.25, 0.3) is 0 Å². The van der Waals surface area contributed by atoms with Crippen LogP contribution < -0.4 is 24.8 Å². The molecule has 3 N–H and O–H groups in total. The minimum Gasteiger partial charge on any atom is -0.493 e. The number of methoxy groups -OCH3 is 1. The van der Waals surface area contributed by atoms with Gasteiger partial charge in [-0.3, -0.25) is 0 Å². The summed E-state index contributed by atoms with van der Waals surface area (Å²) in [4.78, 5) is 10.7. The number of nitrogens with zero attached hydrogens (tertiary/aromatic N) is 3. The van der Waals surface area contributed by atoms with E-state index in [-0.39, 0.29) is 30.7 Å². The number of benzene rings is 1. The van der Waals surface area contributed by atoms with Crippen molar-refractivity contribution in [2.24, 2.45) is 0 Å². The Balaban J connectivity index is 1.94. The Labute approximate surface area is 151 Å². The highest BCUT2D eigenvalue weighted by Gasteiger charge is 2.22. The molecule has 26 heavy (non-hydrogen) atoms. The van der Waals surface area contributed by atoms with Crippen LogP contribution in [-0.4, -0.2) is 61.7 Å². The van der Waals surface area contributed by atoms with Gasteiger partial charge in [0.2, 0.25) is 11.7 Å². The summed E-state index contributed by atoms with van der Waals surface area (Å²) in [7, 11) is 1.55. The lowest BCUT2D eigenvalue weighted by molar-refractivity contribution is 0.122. The molecule has 3 rings (SSSR count). The van der Waals surface area contributed by atoms with E-state index in [9.17, 15) is 0 Å². The van der Waals surface area contributed by atoms with Crippen molar-refractivity contribution < 1.29 is 24.1 Å². The smallest absolute Gasteiger partial charge is 0.265 e. The van der Waals surface area contributed by atoms with Crippen LogP contribution in [0.15, 0.2) is 24.3 Å². The van der Waals surface area contributed by atoms with Gasteiger partial charge in [-0.2, -0.15) is 9.97 Å². The van der Waals surface area contributed by atoms with Gasteiger partial charge in [0.1, 0.15) is 6.61 Å². The predicted molar refractivity (Wildman–Crippen MR) is 95.1 cm³/mol. The largest absolute Gasteiger partial charge is 0.493 e. The summed E-state index contributed by atoms with van der Waals surface area (Å²) in [6.45, 7) is 2.40. The monoisotopic (exact) mass is 362 g/mol. The Morgan fingerprint density at radius 3 is 2.62 bits per heavy atom. The summed E-state index contributed by atoms with van der Waals surface area (Å²) in [5.74, 6) is 1.92. The molecule has 2 heterocycles. The van der Waals surface area contributed by atoms with Crippen LogP contribution in [-0.2, 0) is 4.74 Å². The number of aliphatic hydroxyl groups is 1. The number of hydrogen-bond acceptors (Lipinski definition) is 9. The van der Waals surface area contributed by atoms with Crippen LogP contribution in [0, 0.1) is 0 Å². The van der Waals surface area contributed by atoms with Gasteiger partial charge in [0.05, 0.1) is 26.9 Å². The van der Waals surface area contributed by atoms with Crippen LogP contribution >= 0.6 is 0 Å². The average Bonchev–Trinajstić information content (AvgIpc) is 2.69. The van der Waals surface area contributed by atoms with Gasteiger partial charge < -0.3 is 34.7 Å². The first kappa shape index (κ1) is 18.0. The maximum atomic E-state index is 9.09. The number of anilines is 2. The summed E-state index contributed by atoms with van der Waals surface area (Å²) in [5.41, 5.74) is 6.12. The lowest BCUT2D eigenvalue weighted by Crippen LogP contribution is -2.37. The number of rotatable bonds is 7. The minimum atomic E-state index is -0.162. The molecule has 0 amide bonds. The van der Waals surface area contributed by atoms with Crippen molar-refractivity contribution in [3.05, 3.63) is 24.3 Å². The summed E-state index contributed by atoms with van der Waals surface area (Å²) in [6, 6.07) is 7.15. The zero-order valence-corrected chi connectivity index (χ0v) is 14.6. The van der Waals surface area contributed by atoms with Crippen LogP contribution in [0.4, 0.5) is 11.8 Å². The number of aliphatic hydroxyl groups excluding tert-OH is 1. The molecule has 0 unspecified atom stereocenters. The van der Waals surface area contributed by atoms with E-state index < -0.39 is 0 Å². The molecule has 2 aromatic rings. The van der Waals surface area contributed by atoms with Gasteiger partial charge in [-0.15, -0.1) is 0 Å². The molecule has 9 nitrogen and oxygen atoms in total. The van der Waals surface area contributed by atoms with E-state index in [1.54, 1.807) is 19.2 Å². The normalized spacial score (nSPS) is 14.2. The van der Waals surface area contributed by atoms with Gasteiger partial charge in [0.25, 0.3) is 5.88 Å². The molecule has 0 bridgehead atoms. The number of aromatic nitrogens is 2. The molecule has 9 heteroatoms. The fourth-order valence-corrected chi connectivity index (χ4v) is 2.49. The van der Waals surface area contributed by atoms with Crippen molar-refractivity contribution in [3.8, 4) is 23.1 Å². The van der Waals surface area contributed by atoms with E-state index in [1.807, 2.05) is 17.0 Å². The van der Waals surface area contributed by atoms with Crippen LogP contribution in [0.1, 0.15) is 0 Å². The van der Waals surface area contributed by atoms with E-state index in [0.29, 0.717) is 43.8 Å². The van der Waals surface area contributed by atoms with Crippen LogP contribution in [0.2, 0.25) is 0 Å². The van der Waals surface area contributed by atoms with E-state index >= 15 is 0 Å². The van der Waals surface area contributed by atoms with Crippen LogP contribution in [0.3, 0.4) is 0 Å². The van der Waals surface area contributed by atoms with Gasteiger partial charge in [-0.05, 0) is 12.1 Å². The fraction of sp³-hybridized carbons (Fsp3) is 0.412. The highest BCUT2D eigenvalue weighted by molar-refractivity contribution is 5.59. The first-order valence-electron chi connectivity index (χ1n) is 8.27. The van der Waals surface area contributed by atoms with Crippen molar-refractivity contribution in [1.82, 2.24) is 9.97 Å². The van der Waals surface area contributed by atoms with Crippen molar-refractivity contribution in [2.75, 3.05) is 57.3 Å². The van der Waals surface area contributed by atoms with Crippen molar-refractivity contribution >= 4 is 11.8 Å². The Morgan fingerprint density at radius 2 is 1.92 bits per heavy atom. The molecule has 0 aliphatic carbocycles. The zero-order chi connectivity index (χ0) is 18.4. The number of morpholine rings is 1. The summed E-state index contributed by atoms with van der Waals surface area (Å²) in [5, 5.41) is 9.09. The average molecular weight is 362 g/mol. The Hall–Kier alpha value is -2.78. The fourth-order valence-electron chi connectivity index (χ4n) is 2.49. The van der Waals surface area contributed by atoms with Gasteiger partial charge in [0, 0.05) is 13.1 Å². The second-order valence-corrected chi connectivity index (χ2v) is 5.47. The van der Waals surface area contributed by atoms with Crippen molar-refractivity contribution in [2.45, 2.75) is 0 Å². The standard InChI is InChI=1S/C17H22N4O5/c1-23-12-4-2-3-5-13(12)26-14-15(18)19-17(20-16(14)25-11-8-22)21-6-9-24-10-7-21/h2-5,22H,6-11H2,1H3,(H2,18,19,20). The van der Waals surface area contributed by atoms with E-state index in [1.165, 1.54) is 0 Å². The lowest BCUT2D eigenvalue weighted by atomic mass is 10.3. The molecule has 1 saturated heterocycles. The lowest BCUT2D eigenvalue weighted by Gasteiger charge is -2.27. The Kier molecular flexibility index (Phi) is 5.92. The molecule has 140 valence electrons. The molecular formula is C17H22N4O5. The van der Waals surface area contributed by atoms with Gasteiger partial charge >= 0.3 is 0 Å². The molecule has 1 aromatic carbocycles. The number of nitrogen functional groups attached to an aromatic ring is 1. The van der Waals surface area contributed by atoms with E-state index in [2.05, 4.69) is 9.97 Å². The van der Waals surface area contributed by atoms with Crippen LogP contribution in [0.5, 0.6) is 23.1 Å². The van der Waals surface area contributed by atoms with Gasteiger partial charge in [0.15, 0.2) is 17.3 Å². The molecule has 0 atom stereocenters. The second-order valence-electron chi connectivity index (χ2n) is 5.47. The quantitative estimate of drug-likeness (QED) is 0.746. The third kappa shape index (κ3) is 4.06. The second kappa shape index (κ2) is 8.54. The molecular weight excluding hydrogens is 340 g/mol. The minimum absolute atomic E-state index is 0.0568. The SMILES string of the molecule is COc1ccccc1Oc1c(N)nc(N2CCOCC2)nc1OCCO. The summed E-state index contributed by atoms with van der Waals surface area (Å²) < 4.78 is 22.0. The highest BCUT2D eigenvalue weighted by Crippen LogP contribution is 2.39. The molecule has 1 fully saturated rings. The molecule has 1 aliphatic heterocycles. The number of ether oxygens (including phenoxy) is 4.